The molecule has 146 valence electrons. The average molecular weight is 403 g/mol. The van der Waals surface area contributed by atoms with Crippen molar-refractivity contribution in [2.75, 3.05) is 0 Å². The summed E-state index contributed by atoms with van der Waals surface area (Å²) in [7, 11) is -4.19. The predicted octanol–water partition coefficient (Wildman–Crippen LogP) is 2.16. The van der Waals surface area contributed by atoms with E-state index in [-0.39, 0.29) is 57.5 Å². The molecule has 0 bridgehead atoms. The van der Waals surface area contributed by atoms with E-state index in [0.717, 1.165) is 51.4 Å². The van der Waals surface area contributed by atoms with Crippen LogP contribution in [0.3, 0.4) is 0 Å². The Labute approximate surface area is 199 Å². The molecule has 0 aromatic rings. The molecule has 0 saturated heterocycles. The van der Waals surface area contributed by atoms with Gasteiger partial charge in [-0.05, 0) is 25.7 Å². The zero-order valence-corrected chi connectivity index (χ0v) is 20.8. The fraction of sp³-hybridized carbons (Fsp3) is 1.00. The summed E-state index contributed by atoms with van der Waals surface area (Å²) in [6.07, 6.45) is 13.7. The molecule has 0 radical (unpaired) electrons. The number of unbranched alkanes of at least 4 members (excludes halogenated alkanes) is 8. The van der Waals surface area contributed by atoms with Crippen molar-refractivity contribution in [3.63, 3.8) is 0 Å². The van der Waals surface area contributed by atoms with E-state index in [1.807, 2.05) is 0 Å². The summed E-state index contributed by atoms with van der Waals surface area (Å²) in [6.45, 7) is 4.30. The Morgan fingerprint density at radius 2 is 1.08 bits per heavy atom. The van der Waals surface area contributed by atoms with Crippen LogP contribution in [-0.2, 0) is 10.1 Å². The van der Waals surface area contributed by atoms with Crippen LogP contribution in [0.4, 0.5) is 0 Å². The zero-order chi connectivity index (χ0) is 18.3. The number of aliphatic hydroxyl groups excluding tert-OH is 1. The summed E-state index contributed by atoms with van der Waals surface area (Å²) < 4.78 is 34.0. The van der Waals surface area contributed by atoms with Crippen molar-refractivity contribution in [2.24, 2.45) is 0 Å². The van der Waals surface area contributed by atoms with Gasteiger partial charge in [-0.2, -0.15) is 0 Å². The Balaban J connectivity index is 0. The van der Waals surface area contributed by atoms with E-state index in [1.54, 1.807) is 0 Å². The fourth-order valence-corrected chi connectivity index (χ4v) is 4.02. The number of rotatable bonds is 17. The third kappa shape index (κ3) is 18.6. The van der Waals surface area contributed by atoms with Gasteiger partial charge in [0.1, 0.15) is 0 Å². The second-order valence-electron chi connectivity index (χ2n) is 7.11. The van der Waals surface area contributed by atoms with E-state index < -0.39 is 15.4 Å². The number of aliphatic hydroxyl groups is 1. The maximum atomic E-state index is 11.3. The summed E-state index contributed by atoms with van der Waals surface area (Å²) in [5, 5.41) is 9.22. The van der Waals surface area contributed by atoms with Crippen LogP contribution in [0, 0.1) is 0 Å². The SMILES string of the molecule is CCCCCCCC(O)CCCCC(CCCCCC)S(=O)(=O)[O-].[K+]. The summed E-state index contributed by atoms with van der Waals surface area (Å²) in [4.78, 5) is 0. The van der Waals surface area contributed by atoms with Crippen LogP contribution in [-0.4, -0.2) is 29.4 Å². The molecule has 0 aromatic carbocycles. The summed E-state index contributed by atoms with van der Waals surface area (Å²) >= 11 is 0. The summed E-state index contributed by atoms with van der Waals surface area (Å²) in [5.41, 5.74) is 0. The molecule has 4 nitrogen and oxygen atoms in total. The van der Waals surface area contributed by atoms with Crippen molar-refractivity contribution in [3.05, 3.63) is 0 Å². The van der Waals surface area contributed by atoms with Crippen LogP contribution in [0.25, 0.3) is 0 Å². The Hall–Kier alpha value is 1.51. The second kappa shape index (κ2) is 18.9. The average Bonchev–Trinajstić information content (AvgIpc) is 2.52. The molecule has 0 aromatic heterocycles. The van der Waals surface area contributed by atoms with Gasteiger partial charge in [0.2, 0.25) is 0 Å². The van der Waals surface area contributed by atoms with Gasteiger partial charge in [0.15, 0.2) is 0 Å². The first-order valence-corrected chi connectivity index (χ1v) is 11.5. The van der Waals surface area contributed by atoms with Crippen molar-refractivity contribution < 1.29 is 69.5 Å². The number of hydrogen-bond donors (Lipinski definition) is 1. The van der Waals surface area contributed by atoms with Gasteiger partial charge in [-0.3, -0.25) is 0 Å². The molecule has 0 fully saturated rings. The van der Waals surface area contributed by atoms with E-state index >= 15 is 0 Å². The van der Waals surface area contributed by atoms with Gasteiger partial charge in [-0.1, -0.05) is 84.5 Å². The van der Waals surface area contributed by atoms with Crippen LogP contribution >= 0.6 is 0 Å². The van der Waals surface area contributed by atoms with Gasteiger partial charge in [-0.25, -0.2) is 8.42 Å². The topological polar surface area (TPSA) is 77.4 Å². The summed E-state index contributed by atoms with van der Waals surface area (Å²) in [5.74, 6) is 0. The Morgan fingerprint density at radius 1 is 0.720 bits per heavy atom. The second-order valence-corrected chi connectivity index (χ2v) is 8.76. The minimum absolute atomic E-state index is 0. The monoisotopic (exact) mass is 402 g/mol. The Bertz CT molecular complexity index is 374. The van der Waals surface area contributed by atoms with Gasteiger partial charge in [0, 0.05) is 5.25 Å². The smallest absolute Gasteiger partial charge is 0.748 e. The van der Waals surface area contributed by atoms with Gasteiger partial charge >= 0.3 is 51.4 Å². The van der Waals surface area contributed by atoms with Gasteiger partial charge in [0.25, 0.3) is 0 Å². The molecule has 0 rings (SSSR count). The van der Waals surface area contributed by atoms with Crippen molar-refractivity contribution >= 4 is 10.1 Å². The zero-order valence-electron chi connectivity index (χ0n) is 16.8. The molecule has 2 unspecified atom stereocenters. The van der Waals surface area contributed by atoms with Crippen LogP contribution in [0.15, 0.2) is 0 Å². The first-order valence-electron chi connectivity index (χ1n) is 10.0. The van der Waals surface area contributed by atoms with Crippen molar-refractivity contribution in [1.29, 1.82) is 0 Å². The molecule has 6 heteroatoms. The van der Waals surface area contributed by atoms with Gasteiger partial charge < -0.3 is 9.66 Å². The largest absolute Gasteiger partial charge is 1.00 e. The molecule has 0 aliphatic carbocycles. The van der Waals surface area contributed by atoms with Crippen LogP contribution < -0.4 is 51.4 Å². The van der Waals surface area contributed by atoms with E-state index in [2.05, 4.69) is 13.8 Å². The Morgan fingerprint density at radius 3 is 1.56 bits per heavy atom. The molecule has 0 saturated carbocycles. The molecule has 0 amide bonds. The molecule has 25 heavy (non-hydrogen) atoms. The van der Waals surface area contributed by atoms with E-state index in [0.29, 0.717) is 19.3 Å². The third-order valence-electron chi connectivity index (χ3n) is 4.74. The van der Waals surface area contributed by atoms with Crippen molar-refractivity contribution in [3.8, 4) is 0 Å². The first kappa shape index (κ1) is 28.7. The Kier molecular flexibility index (Phi) is 21.7. The van der Waals surface area contributed by atoms with E-state index in [1.165, 1.54) is 25.7 Å². The number of hydrogen-bond acceptors (Lipinski definition) is 4. The van der Waals surface area contributed by atoms with E-state index in [4.69, 9.17) is 0 Å². The van der Waals surface area contributed by atoms with Crippen molar-refractivity contribution in [1.82, 2.24) is 0 Å². The quantitative estimate of drug-likeness (QED) is 0.230. The maximum Gasteiger partial charge on any atom is 1.00 e. The molecule has 1 N–H and O–H groups in total. The summed E-state index contributed by atoms with van der Waals surface area (Å²) in [6, 6.07) is 0. The first-order chi connectivity index (χ1) is 11.4. The van der Waals surface area contributed by atoms with Crippen LogP contribution in [0.1, 0.15) is 110 Å². The van der Waals surface area contributed by atoms with Gasteiger partial charge in [-0.15, -0.1) is 0 Å². The van der Waals surface area contributed by atoms with Crippen molar-refractivity contribution in [2.45, 2.75) is 122 Å². The standard InChI is InChI=1S/C19H40O4S.K/c1-3-5-7-9-10-14-18(20)15-12-13-17-19(24(21,22)23)16-11-8-6-4-2;/h18-20H,3-17H2,1-2H3,(H,21,22,23);/q;+1/p-1. The molecular weight excluding hydrogens is 363 g/mol. The van der Waals surface area contributed by atoms with E-state index in [9.17, 15) is 18.1 Å². The molecule has 0 spiro atoms. The maximum absolute atomic E-state index is 11.3. The van der Waals surface area contributed by atoms with Crippen LogP contribution in [0.2, 0.25) is 0 Å². The molecule has 2 atom stereocenters. The molecule has 0 aliphatic rings. The van der Waals surface area contributed by atoms with Crippen LogP contribution in [0.5, 0.6) is 0 Å². The van der Waals surface area contributed by atoms with Gasteiger partial charge in [0.05, 0.1) is 16.2 Å². The molecule has 0 heterocycles. The minimum Gasteiger partial charge on any atom is -0.748 e. The molecule has 0 aliphatic heterocycles. The predicted molar refractivity (Wildman–Crippen MR) is 100 cm³/mol. The molecular formula is C19H39KO4S. The minimum atomic E-state index is -4.19. The normalized spacial score (nSPS) is 14.1. The third-order valence-corrected chi connectivity index (χ3v) is 6.03. The fourth-order valence-electron chi connectivity index (χ4n) is 3.11.